The van der Waals surface area contributed by atoms with E-state index >= 15 is 0 Å². The summed E-state index contributed by atoms with van der Waals surface area (Å²) in [5, 5.41) is 10.3. The maximum atomic E-state index is 12.6. The Morgan fingerprint density at radius 1 is 1.24 bits per heavy atom. The number of piperidine rings is 1. The van der Waals surface area contributed by atoms with Gasteiger partial charge in [0.15, 0.2) is 0 Å². The number of sulfonamides is 1. The molecule has 12 heteroatoms. The van der Waals surface area contributed by atoms with Gasteiger partial charge < -0.3 is 4.42 Å². The van der Waals surface area contributed by atoms with E-state index < -0.39 is 10.0 Å². The molecule has 1 saturated heterocycles. The second-order valence-corrected chi connectivity index (χ2v) is 10.3. The van der Waals surface area contributed by atoms with Crippen molar-refractivity contribution in [3.63, 3.8) is 0 Å². The second kappa shape index (κ2) is 8.19. The van der Waals surface area contributed by atoms with Crippen LogP contribution in [0.1, 0.15) is 12.8 Å². The van der Waals surface area contributed by atoms with Gasteiger partial charge in [0.25, 0.3) is 15.9 Å². The fraction of sp³-hybridized carbons (Fsp3) is 0.294. The van der Waals surface area contributed by atoms with Crippen molar-refractivity contribution in [1.82, 2.24) is 19.5 Å². The number of hydrogen-bond donors (Lipinski definition) is 1. The zero-order valence-corrected chi connectivity index (χ0v) is 17.4. The van der Waals surface area contributed by atoms with Gasteiger partial charge in [-0.3, -0.25) is 15.1 Å². The van der Waals surface area contributed by atoms with E-state index in [0.717, 1.165) is 11.3 Å². The predicted octanol–water partition coefficient (Wildman–Crippen LogP) is 2.89. The zero-order chi connectivity index (χ0) is 20.4. The smallest absolute Gasteiger partial charge is 0.322 e. The minimum Gasteiger partial charge on any atom is -0.403 e. The Morgan fingerprint density at radius 3 is 2.69 bits per heavy atom. The second-order valence-electron chi connectivity index (χ2n) is 6.38. The third-order valence-corrected chi connectivity index (χ3v) is 8.13. The van der Waals surface area contributed by atoms with Crippen LogP contribution >= 0.6 is 22.9 Å². The number of amides is 1. The molecule has 0 atom stereocenters. The van der Waals surface area contributed by atoms with Crippen molar-refractivity contribution >= 4 is 44.9 Å². The Hall–Kier alpha value is -2.34. The van der Waals surface area contributed by atoms with E-state index in [0.29, 0.717) is 22.7 Å². The molecule has 152 valence electrons. The molecule has 4 heterocycles. The van der Waals surface area contributed by atoms with E-state index in [-0.39, 0.29) is 41.0 Å². The maximum Gasteiger partial charge on any atom is 0.322 e. The lowest BCUT2D eigenvalue weighted by molar-refractivity contribution is -0.121. The van der Waals surface area contributed by atoms with Gasteiger partial charge in [0.2, 0.25) is 5.91 Å². The molecule has 29 heavy (non-hydrogen) atoms. The molecule has 0 aliphatic carbocycles. The van der Waals surface area contributed by atoms with Gasteiger partial charge in [-0.05, 0) is 37.1 Å². The van der Waals surface area contributed by atoms with Crippen LogP contribution < -0.4 is 5.32 Å². The largest absolute Gasteiger partial charge is 0.403 e. The minimum absolute atomic E-state index is 0.00266. The molecule has 0 aromatic carbocycles. The average Bonchev–Trinajstić information content (AvgIpc) is 3.38. The molecule has 0 spiro atoms. The summed E-state index contributed by atoms with van der Waals surface area (Å²) in [6, 6.07) is 6.56. The van der Waals surface area contributed by atoms with Gasteiger partial charge in [0.1, 0.15) is 4.21 Å². The number of carbonyl (C=O) groups is 1. The number of carbonyl (C=O) groups excluding carboxylic acids is 1. The summed E-state index contributed by atoms with van der Waals surface area (Å²) in [6.07, 6.45) is 4.00. The van der Waals surface area contributed by atoms with Gasteiger partial charge in [0, 0.05) is 31.4 Å². The number of halogens is 1. The molecule has 1 N–H and O–H groups in total. The van der Waals surface area contributed by atoms with Crippen LogP contribution in [0.15, 0.2) is 45.3 Å². The van der Waals surface area contributed by atoms with E-state index in [1.165, 1.54) is 10.4 Å². The highest BCUT2D eigenvalue weighted by Crippen LogP contribution is 2.31. The fourth-order valence-corrected chi connectivity index (χ4v) is 6.12. The van der Waals surface area contributed by atoms with Crippen LogP contribution in [-0.4, -0.2) is 46.9 Å². The van der Waals surface area contributed by atoms with Crippen LogP contribution in [0.5, 0.6) is 0 Å². The Morgan fingerprint density at radius 2 is 2.03 bits per heavy atom. The standard InChI is InChI=1S/C17H16ClN5O4S2/c18-13-3-4-14(28-13)29(25,26)23-8-5-11(6-9-23)15(24)20-17-22-21-16(27-17)12-2-1-7-19-10-12/h1-4,7,10-11H,5-6,8-9H2,(H,20,22,24). The van der Waals surface area contributed by atoms with Crippen LogP contribution in [0.25, 0.3) is 11.5 Å². The van der Waals surface area contributed by atoms with Gasteiger partial charge in [-0.15, -0.1) is 16.4 Å². The molecule has 3 aromatic rings. The van der Waals surface area contributed by atoms with Crippen LogP contribution in [0.4, 0.5) is 6.01 Å². The van der Waals surface area contributed by atoms with Crippen molar-refractivity contribution in [3.8, 4) is 11.5 Å². The van der Waals surface area contributed by atoms with Crippen LogP contribution in [0, 0.1) is 5.92 Å². The molecule has 1 aliphatic rings. The number of thiophene rings is 1. The normalized spacial score (nSPS) is 16.0. The van der Waals surface area contributed by atoms with E-state index in [1.54, 1.807) is 30.6 Å². The number of hydrogen-bond acceptors (Lipinski definition) is 8. The molecule has 3 aromatic heterocycles. The number of nitrogens with zero attached hydrogens (tertiary/aromatic N) is 4. The number of nitrogens with one attached hydrogen (secondary N) is 1. The first-order valence-electron chi connectivity index (χ1n) is 8.74. The monoisotopic (exact) mass is 453 g/mol. The van der Waals surface area contributed by atoms with Gasteiger partial charge in [-0.1, -0.05) is 16.7 Å². The zero-order valence-electron chi connectivity index (χ0n) is 15.0. The number of aromatic nitrogens is 3. The summed E-state index contributed by atoms with van der Waals surface area (Å²) in [4.78, 5) is 16.5. The Bertz CT molecular complexity index is 1110. The quantitative estimate of drug-likeness (QED) is 0.630. The molecule has 9 nitrogen and oxygen atoms in total. The molecule has 4 rings (SSSR count). The van der Waals surface area contributed by atoms with Gasteiger partial charge in [-0.25, -0.2) is 8.42 Å². The SMILES string of the molecule is O=C(Nc1nnc(-c2cccnc2)o1)C1CCN(S(=O)(=O)c2ccc(Cl)s2)CC1. The summed E-state index contributed by atoms with van der Waals surface area (Å²) in [7, 11) is -3.59. The summed E-state index contributed by atoms with van der Waals surface area (Å²) < 4.78 is 32.8. The maximum absolute atomic E-state index is 12.6. The fourth-order valence-electron chi connectivity index (χ4n) is 3.01. The average molecular weight is 454 g/mol. The van der Waals surface area contributed by atoms with E-state index in [1.807, 2.05) is 0 Å². The molecule has 0 saturated carbocycles. The lowest BCUT2D eigenvalue weighted by Gasteiger charge is -2.29. The first-order valence-corrected chi connectivity index (χ1v) is 11.4. The topological polar surface area (TPSA) is 118 Å². The molecular weight excluding hydrogens is 438 g/mol. The third-order valence-electron chi connectivity index (χ3n) is 4.53. The van der Waals surface area contributed by atoms with Crippen molar-refractivity contribution in [1.29, 1.82) is 0 Å². The Balaban J connectivity index is 1.35. The highest BCUT2D eigenvalue weighted by Gasteiger charge is 2.33. The summed E-state index contributed by atoms with van der Waals surface area (Å²) in [5.41, 5.74) is 0.646. The van der Waals surface area contributed by atoms with Crippen molar-refractivity contribution in [2.24, 2.45) is 5.92 Å². The lowest BCUT2D eigenvalue weighted by atomic mass is 9.97. The highest BCUT2D eigenvalue weighted by atomic mass is 35.5. The molecule has 0 unspecified atom stereocenters. The first kappa shape index (κ1) is 20.0. The number of anilines is 1. The molecule has 0 bridgehead atoms. The van der Waals surface area contributed by atoms with E-state index in [2.05, 4.69) is 20.5 Å². The molecular formula is C17H16ClN5O4S2. The lowest BCUT2D eigenvalue weighted by Crippen LogP contribution is -2.41. The minimum atomic E-state index is -3.59. The molecule has 1 aliphatic heterocycles. The number of pyridine rings is 1. The predicted molar refractivity (Wildman–Crippen MR) is 107 cm³/mol. The summed E-state index contributed by atoms with van der Waals surface area (Å²) >= 11 is 6.87. The van der Waals surface area contributed by atoms with Gasteiger partial charge in [0.05, 0.1) is 9.90 Å². The Labute approximate surface area is 175 Å². The number of rotatable bonds is 5. The van der Waals surface area contributed by atoms with Crippen molar-refractivity contribution < 1.29 is 17.6 Å². The van der Waals surface area contributed by atoms with Crippen LogP contribution in [-0.2, 0) is 14.8 Å². The first-order chi connectivity index (χ1) is 13.9. The van der Waals surface area contributed by atoms with Gasteiger partial charge in [-0.2, -0.15) is 4.31 Å². The van der Waals surface area contributed by atoms with Crippen LogP contribution in [0.3, 0.4) is 0 Å². The molecule has 1 amide bonds. The third kappa shape index (κ3) is 4.32. The molecule has 1 fully saturated rings. The van der Waals surface area contributed by atoms with Crippen molar-refractivity contribution in [2.75, 3.05) is 18.4 Å². The van der Waals surface area contributed by atoms with E-state index in [9.17, 15) is 13.2 Å². The van der Waals surface area contributed by atoms with Crippen molar-refractivity contribution in [2.45, 2.75) is 17.1 Å². The Kier molecular flexibility index (Phi) is 5.63. The van der Waals surface area contributed by atoms with Crippen LogP contribution in [0.2, 0.25) is 4.34 Å². The summed E-state index contributed by atoms with van der Waals surface area (Å²) in [6.45, 7) is 0.501. The van der Waals surface area contributed by atoms with E-state index in [4.69, 9.17) is 16.0 Å². The highest BCUT2D eigenvalue weighted by molar-refractivity contribution is 7.91. The van der Waals surface area contributed by atoms with Crippen molar-refractivity contribution in [3.05, 3.63) is 41.0 Å². The molecule has 0 radical (unpaired) electrons. The summed E-state index contributed by atoms with van der Waals surface area (Å²) in [5.74, 6) is -0.367. The van der Waals surface area contributed by atoms with Gasteiger partial charge >= 0.3 is 6.01 Å².